The van der Waals surface area contributed by atoms with Crippen LogP contribution in [0.4, 0.5) is 5.13 Å². The van der Waals surface area contributed by atoms with Gasteiger partial charge in [-0.3, -0.25) is 9.59 Å². The average Bonchev–Trinajstić information content (AvgIpc) is 3.29. The van der Waals surface area contributed by atoms with Crippen LogP contribution in [0.5, 0.6) is 0 Å². The van der Waals surface area contributed by atoms with E-state index in [0.717, 1.165) is 21.5 Å². The molecule has 3 heterocycles. The number of thiazole rings is 1. The number of nitrogens with one attached hydrogen (secondary N) is 1. The monoisotopic (exact) mass is 355 g/mol. The Bertz CT molecular complexity index is 932. The van der Waals surface area contributed by atoms with E-state index in [1.165, 1.54) is 11.3 Å². The van der Waals surface area contributed by atoms with Gasteiger partial charge in [0.25, 0.3) is 0 Å². The van der Waals surface area contributed by atoms with Gasteiger partial charge in [-0.1, -0.05) is 23.5 Å². The second-order valence-electron chi connectivity index (χ2n) is 6.18. The summed E-state index contributed by atoms with van der Waals surface area (Å²) in [7, 11) is 0. The molecule has 128 valence electrons. The number of carbonyl (C=O) groups is 2. The number of hydrogen-bond acceptors (Lipinski definition) is 5. The summed E-state index contributed by atoms with van der Waals surface area (Å²) >= 11 is 1.45. The summed E-state index contributed by atoms with van der Waals surface area (Å²) in [6, 6.07) is 9.57. The molecule has 1 N–H and O–H groups in total. The van der Waals surface area contributed by atoms with Gasteiger partial charge in [0.15, 0.2) is 5.13 Å². The maximum Gasteiger partial charge on any atom is 0.231 e. The molecule has 25 heavy (non-hydrogen) atoms. The van der Waals surface area contributed by atoms with Crippen LogP contribution < -0.4 is 5.32 Å². The molecule has 0 spiro atoms. The Morgan fingerprint density at radius 1 is 1.40 bits per heavy atom. The number of furan rings is 1. The molecule has 3 aromatic rings. The SMILES string of the molecule is Cc1cccc2sc(NC(=O)[C@@H]3CC(=O)N(Cc4ccco4)C3)nc12. The van der Waals surface area contributed by atoms with E-state index in [1.54, 1.807) is 17.2 Å². The number of benzene rings is 1. The van der Waals surface area contributed by atoms with Crippen LogP contribution in [0, 0.1) is 12.8 Å². The summed E-state index contributed by atoms with van der Waals surface area (Å²) in [6.07, 6.45) is 1.80. The van der Waals surface area contributed by atoms with Gasteiger partial charge in [0.05, 0.1) is 28.9 Å². The first-order chi connectivity index (χ1) is 12.1. The highest BCUT2D eigenvalue weighted by Gasteiger charge is 2.35. The van der Waals surface area contributed by atoms with Gasteiger partial charge in [-0.05, 0) is 30.7 Å². The van der Waals surface area contributed by atoms with Gasteiger partial charge in [0.2, 0.25) is 11.8 Å². The molecule has 7 heteroatoms. The highest BCUT2D eigenvalue weighted by molar-refractivity contribution is 7.22. The molecule has 0 aliphatic carbocycles. The lowest BCUT2D eigenvalue weighted by Gasteiger charge is -2.14. The van der Waals surface area contributed by atoms with Crippen LogP contribution in [-0.2, 0) is 16.1 Å². The number of hydrogen-bond donors (Lipinski definition) is 1. The van der Waals surface area contributed by atoms with E-state index in [9.17, 15) is 9.59 Å². The number of likely N-dealkylation sites (tertiary alicyclic amines) is 1. The number of nitrogens with zero attached hydrogens (tertiary/aromatic N) is 2. The number of amides is 2. The standard InChI is InChI=1S/C18H17N3O3S/c1-11-4-2-6-14-16(11)19-18(25-14)20-17(23)12-8-15(22)21(9-12)10-13-5-3-7-24-13/h2-7,12H,8-10H2,1H3,(H,19,20,23)/t12-/m1/s1. The minimum absolute atomic E-state index is 0.0308. The Morgan fingerprint density at radius 3 is 3.04 bits per heavy atom. The van der Waals surface area contributed by atoms with Crippen LogP contribution in [0.2, 0.25) is 0 Å². The third-order valence-corrected chi connectivity index (χ3v) is 5.30. The fourth-order valence-electron chi connectivity index (χ4n) is 3.04. The van der Waals surface area contributed by atoms with Crippen LogP contribution in [0.1, 0.15) is 17.7 Å². The second-order valence-corrected chi connectivity index (χ2v) is 7.22. The van der Waals surface area contributed by atoms with E-state index in [-0.39, 0.29) is 24.2 Å². The Kier molecular flexibility index (Phi) is 4.01. The van der Waals surface area contributed by atoms with Crippen molar-refractivity contribution in [2.24, 2.45) is 5.92 Å². The number of aryl methyl sites for hydroxylation is 1. The first kappa shape index (κ1) is 15.8. The molecule has 1 fully saturated rings. The van der Waals surface area contributed by atoms with Crippen molar-refractivity contribution in [3.63, 3.8) is 0 Å². The van der Waals surface area contributed by atoms with E-state index in [4.69, 9.17) is 4.42 Å². The molecule has 0 saturated carbocycles. The summed E-state index contributed by atoms with van der Waals surface area (Å²) in [5.41, 5.74) is 1.99. The topological polar surface area (TPSA) is 75.4 Å². The second kappa shape index (κ2) is 6.33. The lowest BCUT2D eigenvalue weighted by Crippen LogP contribution is -2.27. The highest BCUT2D eigenvalue weighted by Crippen LogP contribution is 2.29. The van der Waals surface area contributed by atoms with E-state index < -0.39 is 0 Å². The summed E-state index contributed by atoms with van der Waals surface area (Å²) < 4.78 is 6.32. The summed E-state index contributed by atoms with van der Waals surface area (Å²) in [5.74, 6) is 0.162. The minimum atomic E-state index is -0.365. The molecule has 6 nitrogen and oxygen atoms in total. The number of anilines is 1. The third-order valence-electron chi connectivity index (χ3n) is 4.36. The van der Waals surface area contributed by atoms with E-state index in [1.807, 2.05) is 31.2 Å². The quantitative estimate of drug-likeness (QED) is 0.780. The molecule has 1 saturated heterocycles. The number of aromatic nitrogens is 1. The van der Waals surface area contributed by atoms with Gasteiger partial charge in [0, 0.05) is 13.0 Å². The minimum Gasteiger partial charge on any atom is -0.467 e. The molecule has 1 aromatic carbocycles. The Hall–Kier alpha value is -2.67. The maximum absolute atomic E-state index is 12.5. The molecule has 0 radical (unpaired) electrons. The molecule has 2 amide bonds. The fourth-order valence-corrected chi connectivity index (χ4v) is 3.99. The van der Waals surface area contributed by atoms with Gasteiger partial charge in [-0.15, -0.1) is 0 Å². The highest BCUT2D eigenvalue weighted by atomic mass is 32.1. The number of rotatable bonds is 4. The molecule has 1 aliphatic heterocycles. The molecular formula is C18H17N3O3S. The average molecular weight is 355 g/mol. The molecule has 0 unspecified atom stereocenters. The van der Waals surface area contributed by atoms with Crippen molar-refractivity contribution in [2.75, 3.05) is 11.9 Å². The largest absolute Gasteiger partial charge is 0.467 e. The van der Waals surface area contributed by atoms with E-state index >= 15 is 0 Å². The first-order valence-electron chi connectivity index (χ1n) is 8.07. The molecule has 0 bridgehead atoms. The zero-order valence-electron chi connectivity index (χ0n) is 13.7. The van der Waals surface area contributed by atoms with Crippen LogP contribution in [0.25, 0.3) is 10.2 Å². The predicted octanol–water partition coefficient (Wildman–Crippen LogP) is 3.18. The fraction of sp³-hybridized carbons (Fsp3) is 0.278. The van der Waals surface area contributed by atoms with Gasteiger partial charge in [-0.2, -0.15) is 0 Å². The van der Waals surface area contributed by atoms with E-state index in [0.29, 0.717) is 18.2 Å². The molecule has 1 atom stereocenters. The molecule has 2 aromatic heterocycles. The Morgan fingerprint density at radius 2 is 2.28 bits per heavy atom. The predicted molar refractivity (Wildman–Crippen MR) is 95.2 cm³/mol. The van der Waals surface area contributed by atoms with Gasteiger partial charge >= 0.3 is 0 Å². The first-order valence-corrected chi connectivity index (χ1v) is 8.89. The Balaban J connectivity index is 1.44. The van der Waals surface area contributed by atoms with Crippen LogP contribution in [0.3, 0.4) is 0 Å². The lowest BCUT2D eigenvalue weighted by molar-refractivity contribution is -0.128. The smallest absolute Gasteiger partial charge is 0.231 e. The normalized spacial score (nSPS) is 17.4. The van der Waals surface area contributed by atoms with E-state index in [2.05, 4.69) is 10.3 Å². The van der Waals surface area contributed by atoms with Crippen molar-refractivity contribution in [3.8, 4) is 0 Å². The zero-order valence-corrected chi connectivity index (χ0v) is 14.5. The number of para-hydroxylation sites is 1. The molecular weight excluding hydrogens is 338 g/mol. The summed E-state index contributed by atoms with van der Waals surface area (Å²) in [4.78, 5) is 30.8. The van der Waals surface area contributed by atoms with Crippen molar-refractivity contribution in [2.45, 2.75) is 19.9 Å². The van der Waals surface area contributed by atoms with Gasteiger partial charge in [-0.25, -0.2) is 4.98 Å². The van der Waals surface area contributed by atoms with Crippen molar-refractivity contribution < 1.29 is 14.0 Å². The van der Waals surface area contributed by atoms with Crippen LogP contribution in [-0.4, -0.2) is 28.2 Å². The summed E-state index contributed by atoms with van der Waals surface area (Å²) in [6.45, 7) is 2.79. The number of fused-ring (bicyclic) bond motifs is 1. The van der Waals surface area contributed by atoms with Crippen LogP contribution >= 0.6 is 11.3 Å². The van der Waals surface area contributed by atoms with Crippen molar-refractivity contribution in [1.29, 1.82) is 0 Å². The zero-order chi connectivity index (χ0) is 17.4. The molecule has 4 rings (SSSR count). The maximum atomic E-state index is 12.5. The molecule has 1 aliphatic rings. The number of carbonyl (C=O) groups excluding carboxylic acids is 2. The van der Waals surface area contributed by atoms with Crippen molar-refractivity contribution >= 4 is 38.5 Å². The van der Waals surface area contributed by atoms with Crippen LogP contribution in [0.15, 0.2) is 41.0 Å². The Labute approximate surface area is 148 Å². The summed E-state index contributed by atoms with van der Waals surface area (Å²) in [5, 5.41) is 3.44. The van der Waals surface area contributed by atoms with Gasteiger partial charge in [0.1, 0.15) is 5.76 Å². The third kappa shape index (κ3) is 3.15. The van der Waals surface area contributed by atoms with Gasteiger partial charge < -0.3 is 14.6 Å². The lowest BCUT2D eigenvalue weighted by atomic mass is 10.1. The van der Waals surface area contributed by atoms with Crippen molar-refractivity contribution in [3.05, 3.63) is 47.9 Å². The van der Waals surface area contributed by atoms with Crippen molar-refractivity contribution in [1.82, 2.24) is 9.88 Å².